The third-order valence-corrected chi connectivity index (χ3v) is 4.51. The molecule has 4 rings (SSSR count). The smallest absolute Gasteiger partial charge is 0.340 e. The summed E-state index contributed by atoms with van der Waals surface area (Å²) < 4.78 is 41.4. The number of aryl methyl sites for hydroxylation is 1. The Kier molecular flexibility index (Phi) is 4.87. The van der Waals surface area contributed by atoms with Gasteiger partial charge in [-0.2, -0.15) is 22.7 Å². The second-order valence-electron chi connectivity index (χ2n) is 6.49. The number of nitrogens with zero attached hydrogens (tertiary/aromatic N) is 4. The van der Waals surface area contributed by atoms with Gasteiger partial charge in [-0.15, -0.1) is 5.10 Å². The van der Waals surface area contributed by atoms with E-state index in [1.54, 1.807) is 25.1 Å². The monoisotopic (exact) mass is 417 g/mol. The van der Waals surface area contributed by atoms with Crippen molar-refractivity contribution in [1.29, 1.82) is 0 Å². The Hall–Kier alpha value is -3.13. The lowest BCUT2D eigenvalue weighted by molar-refractivity contribution is -0.136. The molecule has 0 unspecified atom stereocenters. The molecular weight excluding hydrogens is 403 g/mol. The number of halogens is 4. The molecule has 0 amide bonds. The van der Waals surface area contributed by atoms with Crippen molar-refractivity contribution in [3.63, 3.8) is 0 Å². The maximum Gasteiger partial charge on any atom is 0.418 e. The lowest BCUT2D eigenvalue weighted by atomic mass is 10.1. The minimum absolute atomic E-state index is 0.0679. The van der Waals surface area contributed by atoms with Gasteiger partial charge in [-0.3, -0.25) is 0 Å². The number of nitrogens with one attached hydrogen (secondary N) is 1. The minimum Gasteiger partial charge on any atom is -0.340 e. The molecule has 0 saturated carbocycles. The average molecular weight is 418 g/mol. The Morgan fingerprint density at radius 1 is 1.03 bits per heavy atom. The summed E-state index contributed by atoms with van der Waals surface area (Å²) in [5.41, 5.74) is 0.736. The van der Waals surface area contributed by atoms with E-state index in [0.717, 1.165) is 11.6 Å². The molecule has 0 aliphatic carbocycles. The summed E-state index contributed by atoms with van der Waals surface area (Å²) in [5, 5.41) is 7.88. The Balaban J connectivity index is 1.72. The van der Waals surface area contributed by atoms with E-state index < -0.39 is 11.7 Å². The molecule has 0 bridgehead atoms. The molecule has 148 valence electrons. The molecule has 29 heavy (non-hydrogen) atoms. The van der Waals surface area contributed by atoms with Gasteiger partial charge in [0, 0.05) is 23.2 Å². The van der Waals surface area contributed by atoms with Crippen LogP contribution in [0.15, 0.2) is 54.6 Å². The fraction of sp³-hybridized carbons (Fsp3) is 0.150. The number of benzene rings is 2. The van der Waals surface area contributed by atoms with Crippen LogP contribution in [0.3, 0.4) is 0 Å². The number of fused-ring (bicyclic) bond motifs is 1. The molecule has 4 aromatic rings. The van der Waals surface area contributed by atoms with Gasteiger partial charge in [-0.25, -0.2) is 4.98 Å². The molecule has 9 heteroatoms. The topological polar surface area (TPSA) is 55.1 Å². The van der Waals surface area contributed by atoms with Gasteiger partial charge in [0.25, 0.3) is 5.78 Å². The Labute approximate surface area is 169 Å². The van der Waals surface area contributed by atoms with Crippen LogP contribution in [0.4, 0.5) is 24.7 Å². The van der Waals surface area contributed by atoms with E-state index in [2.05, 4.69) is 20.4 Å². The molecule has 0 radical (unpaired) electrons. The maximum atomic E-state index is 13.3. The second kappa shape index (κ2) is 7.36. The van der Waals surface area contributed by atoms with E-state index >= 15 is 0 Å². The zero-order valence-corrected chi connectivity index (χ0v) is 16.0. The Bertz CT molecular complexity index is 1170. The van der Waals surface area contributed by atoms with Gasteiger partial charge in [-0.05, 0) is 36.8 Å². The van der Waals surface area contributed by atoms with Crippen LogP contribution in [0.1, 0.15) is 22.6 Å². The van der Waals surface area contributed by atoms with Gasteiger partial charge in [0.1, 0.15) is 5.82 Å². The molecule has 0 aliphatic rings. The van der Waals surface area contributed by atoms with Gasteiger partial charge in [-0.1, -0.05) is 35.9 Å². The van der Waals surface area contributed by atoms with Crippen LogP contribution in [0.25, 0.3) is 5.78 Å². The van der Waals surface area contributed by atoms with E-state index in [1.165, 1.54) is 22.7 Å². The van der Waals surface area contributed by atoms with Crippen molar-refractivity contribution >= 4 is 28.9 Å². The predicted molar refractivity (Wildman–Crippen MR) is 105 cm³/mol. The van der Waals surface area contributed by atoms with Crippen LogP contribution in [0, 0.1) is 6.92 Å². The lowest BCUT2D eigenvalue weighted by Gasteiger charge is -2.15. The largest absolute Gasteiger partial charge is 0.418 e. The first-order valence-corrected chi connectivity index (χ1v) is 9.08. The third-order valence-electron chi connectivity index (χ3n) is 4.25. The normalized spacial score (nSPS) is 11.8. The van der Waals surface area contributed by atoms with E-state index in [4.69, 9.17) is 11.6 Å². The lowest BCUT2D eigenvalue weighted by Crippen LogP contribution is -2.10. The van der Waals surface area contributed by atoms with E-state index in [-0.39, 0.29) is 5.69 Å². The van der Waals surface area contributed by atoms with Crippen molar-refractivity contribution in [2.24, 2.45) is 0 Å². The highest BCUT2D eigenvalue weighted by Crippen LogP contribution is 2.35. The Morgan fingerprint density at radius 2 is 1.76 bits per heavy atom. The quantitative estimate of drug-likeness (QED) is 0.480. The summed E-state index contributed by atoms with van der Waals surface area (Å²) in [6.07, 6.45) is -4.04. The predicted octanol–water partition coefficient (Wildman–Crippen LogP) is 5.44. The molecule has 0 fully saturated rings. The molecule has 1 N–H and O–H groups in total. The zero-order chi connectivity index (χ0) is 20.6. The number of anilines is 2. The highest BCUT2D eigenvalue weighted by molar-refractivity contribution is 6.30. The van der Waals surface area contributed by atoms with Crippen LogP contribution in [0.5, 0.6) is 0 Å². The molecule has 2 aromatic heterocycles. The molecule has 0 atom stereocenters. The fourth-order valence-electron chi connectivity index (χ4n) is 2.95. The molecule has 0 saturated heterocycles. The molecule has 5 nitrogen and oxygen atoms in total. The first-order valence-electron chi connectivity index (χ1n) is 8.70. The molecule has 0 spiro atoms. The van der Waals surface area contributed by atoms with Crippen molar-refractivity contribution in [3.05, 3.63) is 82.3 Å². The Morgan fingerprint density at radius 3 is 2.48 bits per heavy atom. The van der Waals surface area contributed by atoms with Gasteiger partial charge in [0.05, 0.1) is 11.3 Å². The number of hydrogen-bond acceptors (Lipinski definition) is 4. The van der Waals surface area contributed by atoms with E-state index in [9.17, 15) is 13.2 Å². The van der Waals surface area contributed by atoms with Crippen LogP contribution < -0.4 is 5.32 Å². The third kappa shape index (κ3) is 4.17. The highest BCUT2D eigenvalue weighted by Gasteiger charge is 2.33. The molecule has 0 aliphatic heterocycles. The second-order valence-corrected chi connectivity index (χ2v) is 6.93. The standard InChI is InChI=1S/C20H15ClF3N5/c1-12-10-18(26-16-5-3-2-4-15(16)20(22,23)24)29-19(25-12)27-17(28-29)11-13-6-8-14(21)9-7-13/h2-10,26H,11H2,1H3. The number of hydrogen-bond donors (Lipinski definition) is 1. The van der Waals surface area contributed by atoms with Gasteiger partial charge in [0.15, 0.2) is 5.82 Å². The summed E-state index contributed by atoms with van der Waals surface area (Å²) in [4.78, 5) is 8.74. The summed E-state index contributed by atoms with van der Waals surface area (Å²) in [5.74, 6) is 1.15. The van der Waals surface area contributed by atoms with Crippen LogP contribution in [0.2, 0.25) is 5.02 Å². The number of para-hydroxylation sites is 1. The maximum absolute atomic E-state index is 13.3. The first kappa shape index (κ1) is 19.2. The number of aromatic nitrogens is 4. The SMILES string of the molecule is Cc1cc(Nc2ccccc2C(F)(F)F)n2nc(Cc3ccc(Cl)cc3)nc2n1. The number of alkyl halides is 3. The molecule has 2 aromatic carbocycles. The van der Waals surface area contributed by atoms with E-state index in [0.29, 0.717) is 34.6 Å². The first-order chi connectivity index (χ1) is 13.8. The van der Waals surface area contributed by atoms with E-state index in [1.807, 2.05) is 12.1 Å². The van der Waals surface area contributed by atoms with Crippen molar-refractivity contribution in [3.8, 4) is 0 Å². The van der Waals surface area contributed by atoms with Crippen molar-refractivity contribution in [2.75, 3.05) is 5.32 Å². The highest BCUT2D eigenvalue weighted by atomic mass is 35.5. The van der Waals surface area contributed by atoms with Gasteiger partial charge in [0.2, 0.25) is 0 Å². The van der Waals surface area contributed by atoms with Crippen molar-refractivity contribution in [2.45, 2.75) is 19.5 Å². The summed E-state index contributed by atoms with van der Waals surface area (Å²) in [6.45, 7) is 1.74. The van der Waals surface area contributed by atoms with Gasteiger partial charge >= 0.3 is 6.18 Å². The molecule has 2 heterocycles. The van der Waals surface area contributed by atoms with Crippen LogP contribution >= 0.6 is 11.6 Å². The fourth-order valence-corrected chi connectivity index (χ4v) is 3.08. The van der Waals surface area contributed by atoms with Crippen molar-refractivity contribution in [1.82, 2.24) is 19.6 Å². The molecular formula is C20H15ClF3N5. The van der Waals surface area contributed by atoms with Gasteiger partial charge < -0.3 is 5.32 Å². The van der Waals surface area contributed by atoms with Crippen LogP contribution in [-0.4, -0.2) is 19.6 Å². The summed E-state index contributed by atoms with van der Waals surface area (Å²) in [6, 6.07) is 14.2. The number of rotatable bonds is 4. The van der Waals surface area contributed by atoms with Crippen LogP contribution in [-0.2, 0) is 12.6 Å². The summed E-state index contributed by atoms with van der Waals surface area (Å²) in [7, 11) is 0. The zero-order valence-electron chi connectivity index (χ0n) is 15.2. The van der Waals surface area contributed by atoms with Crippen molar-refractivity contribution < 1.29 is 13.2 Å². The summed E-state index contributed by atoms with van der Waals surface area (Å²) >= 11 is 5.91. The minimum atomic E-state index is -4.48. The average Bonchev–Trinajstić information content (AvgIpc) is 3.05.